The Morgan fingerprint density at radius 1 is 1.20 bits per heavy atom. The number of hydrogen-bond donors (Lipinski definition) is 1. The minimum Gasteiger partial charge on any atom is -0.493 e. The number of aryl methyl sites for hydroxylation is 1. The highest BCUT2D eigenvalue weighted by molar-refractivity contribution is 5.38. The van der Waals surface area contributed by atoms with E-state index in [0.717, 1.165) is 11.1 Å². The summed E-state index contributed by atoms with van der Waals surface area (Å²) in [5.41, 5.74) is 7.09. The molecule has 0 heterocycles. The third-order valence-corrected chi connectivity index (χ3v) is 3.23. The maximum Gasteiger partial charge on any atom is 0.396 e. The van der Waals surface area contributed by atoms with Crippen LogP contribution in [-0.2, 0) is 5.41 Å². The molecule has 0 saturated heterocycles. The zero-order chi connectivity index (χ0) is 15.6. The van der Waals surface area contributed by atoms with Gasteiger partial charge in [0.05, 0.1) is 0 Å². The zero-order valence-electron chi connectivity index (χ0n) is 12.3. The van der Waals surface area contributed by atoms with Crippen molar-refractivity contribution in [2.75, 3.05) is 13.2 Å². The van der Waals surface area contributed by atoms with Crippen molar-refractivity contribution < 1.29 is 17.9 Å². The Labute approximate surface area is 118 Å². The van der Waals surface area contributed by atoms with Crippen molar-refractivity contribution >= 4 is 0 Å². The normalized spacial score (nSPS) is 14.2. The molecule has 114 valence electrons. The van der Waals surface area contributed by atoms with Gasteiger partial charge >= 0.3 is 6.18 Å². The van der Waals surface area contributed by atoms with Crippen molar-refractivity contribution in [1.82, 2.24) is 0 Å². The molecule has 20 heavy (non-hydrogen) atoms. The number of rotatable bonds is 4. The van der Waals surface area contributed by atoms with Gasteiger partial charge < -0.3 is 10.5 Å². The number of hydrogen-bond acceptors (Lipinski definition) is 2. The fourth-order valence-electron chi connectivity index (χ4n) is 1.76. The molecule has 0 radical (unpaired) electrons. The molecule has 0 aliphatic heterocycles. The summed E-state index contributed by atoms with van der Waals surface area (Å²) in [5.74, 6) is -1.16. The molecular weight excluding hydrogens is 267 g/mol. The van der Waals surface area contributed by atoms with E-state index in [1.807, 2.05) is 19.1 Å². The molecule has 2 nitrogen and oxygen atoms in total. The van der Waals surface area contributed by atoms with Gasteiger partial charge in [0, 0.05) is 6.54 Å². The molecule has 0 fully saturated rings. The lowest BCUT2D eigenvalue weighted by molar-refractivity contribution is -0.178. The van der Waals surface area contributed by atoms with Gasteiger partial charge in [0.15, 0.2) is 0 Å². The van der Waals surface area contributed by atoms with Crippen molar-refractivity contribution in [3.05, 3.63) is 29.3 Å². The molecule has 0 aromatic heterocycles. The van der Waals surface area contributed by atoms with Crippen LogP contribution in [0.4, 0.5) is 13.2 Å². The van der Waals surface area contributed by atoms with Gasteiger partial charge in [-0.3, -0.25) is 0 Å². The molecule has 0 amide bonds. The fraction of sp³-hybridized carbons (Fsp3) is 0.600. The summed E-state index contributed by atoms with van der Waals surface area (Å²) in [6, 6.07) is 5.55. The van der Waals surface area contributed by atoms with Crippen LogP contribution in [0, 0.1) is 12.8 Å². The highest BCUT2D eigenvalue weighted by Gasteiger charge is 2.39. The largest absolute Gasteiger partial charge is 0.493 e. The second-order valence-corrected chi connectivity index (χ2v) is 6.02. The molecule has 1 rings (SSSR count). The van der Waals surface area contributed by atoms with Crippen LogP contribution in [0.25, 0.3) is 0 Å². The van der Waals surface area contributed by atoms with Crippen molar-refractivity contribution in [3.63, 3.8) is 0 Å². The van der Waals surface area contributed by atoms with E-state index < -0.39 is 25.2 Å². The molecule has 1 unspecified atom stereocenters. The van der Waals surface area contributed by atoms with Gasteiger partial charge in [-0.1, -0.05) is 32.9 Å². The number of halogens is 3. The Balaban J connectivity index is 2.80. The number of ether oxygens (including phenoxy) is 1. The average Bonchev–Trinajstić information content (AvgIpc) is 2.28. The monoisotopic (exact) mass is 289 g/mol. The molecule has 1 aromatic rings. The van der Waals surface area contributed by atoms with Gasteiger partial charge in [-0.05, 0) is 29.5 Å². The van der Waals surface area contributed by atoms with Gasteiger partial charge in [-0.15, -0.1) is 0 Å². The minimum atomic E-state index is -4.33. The molecular formula is C15H22F3NO. The summed E-state index contributed by atoms with van der Waals surface area (Å²) < 4.78 is 43.0. The molecule has 1 atom stereocenters. The van der Waals surface area contributed by atoms with Crippen LogP contribution in [0.5, 0.6) is 5.75 Å². The van der Waals surface area contributed by atoms with E-state index in [2.05, 4.69) is 20.8 Å². The first kappa shape index (κ1) is 16.8. The van der Waals surface area contributed by atoms with E-state index >= 15 is 0 Å². The first-order chi connectivity index (χ1) is 9.05. The van der Waals surface area contributed by atoms with Crippen LogP contribution in [0.2, 0.25) is 0 Å². The first-order valence-electron chi connectivity index (χ1n) is 6.56. The van der Waals surface area contributed by atoms with Crippen LogP contribution >= 0.6 is 0 Å². The van der Waals surface area contributed by atoms with Gasteiger partial charge in [-0.2, -0.15) is 13.2 Å². The van der Waals surface area contributed by atoms with E-state index in [9.17, 15) is 13.2 Å². The fourth-order valence-corrected chi connectivity index (χ4v) is 1.76. The summed E-state index contributed by atoms with van der Waals surface area (Å²) in [5, 5.41) is 0. The van der Waals surface area contributed by atoms with E-state index in [0.29, 0.717) is 5.75 Å². The lowest BCUT2D eigenvalue weighted by Gasteiger charge is -2.22. The summed E-state index contributed by atoms with van der Waals surface area (Å²) in [4.78, 5) is 0. The molecule has 5 heteroatoms. The Morgan fingerprint density at radius 2 is 1.80 bits per heavy atom. The second-order valence-electron chi connectivity index (χ2n) is 6.02. The Morgan fingerprint density at radius 3 is 2.20 bits per heavy atom. The predicted molar refractivity (Wildman–Crippen MR) is 74.0 cm³/mol. The van der Waals surface area contributed by atoms with Crippen LogP contribution < -0.4 is 10.5 Å². The Kier molecular flexibility index (Phi) is 5.08. The topological polar surface area (TPSA) is 35.2 Å². The van der Waals surface area contributed by atoms with E-state index in [1.54, 1.807) is 6.07 Å². The Bertz CT molecular complexity index is 449. The molecule has 0 aliphatic carbocycles. The molecule has 1 aromatic carbocycles. The number of alkyl halides is 3. The maximum atomic E-state index is 12.6. The molecule has 0 bridgehead atoms. The highest BCUT2D eigenvalue weighted by atomic mass is 19.4. The number of benzene rings is 1. The second kappa shape index (κ2) is 6.04. The lowest BCUT2D eigenvalue weighted by atomic mass is 9.86. The van der Waals surface area contributed by atoms with E-state index in [-0.39, 0.29) is 5.41 Å². The van der Waals surface area contributed by atoms with Crippen molar-refractivity contribution in [2.24, 2.45) is 11.7 Å². The van der Waals surface area contributed by atoms with Gasteiger partial charge in [0.25, 0.3) is 0 Å². The molecule has 0 spiro atoms. The third-order valence-electron chi connectivity index (χ3n) is 3.23. The molecule has 0 aliphatic rings. The van der Waals surface area contributed by atoms with Crippen LogP contribution in [0.1, 0.15) is 31.9 Å². The van der Waals surface area contributed by atoms with Crippen LogP contribution in [0.15, 0.2) is 18.2 Å². The highest BCUT2D eigenvalue weighted by Crippen LogP contribution is 2.29. The zero-order valence-corrected chi connectivity index (χ0v) is 12.3. The smallest absolute Gasteiger partial charge is 0.396 e. The summed E-state index contributed by atoms with van der Waals surface area (Å²) in [6.45, 7) is 7.15. The van der Waals surface area contributed by atoms with Crippen LogP contribution in [0.3, 0.4) is 0 Å². The quantitative estimate of drug-likeness (QED) is 0.914. The lowest BCUT2D eigenvalue weighted by Crippen LogP contribution is -2.35. The van der Waals surface area contributed by atoms with Gasteiger partial charge in [-0.25, -0.2) is 0 Å². The van der Waals surface area contributed by atoms with Gasteiger partial charge in [0.1, 0.15) is 18.3 Å². The van der Waals surface area contributed by atoms with Crippen LogP contribution in [-0.4, -0.2) is 19.3 Å². The minimum absolute atomic E-state index is 0.00491. The molecule has 0 saturated carbocycles. The third kappa shape index (κ3) is 4.40. The predicted octanol–water partition coefficient (Wildman–Crippen LogP) is 3.81. The standard InChI is InChI=1S/C15H22F3NO/c1-10-7-11(14(2,3)4)5-6-13(10)20-9-12(8-19)15(16,17)18/h5-7,12H,8-9,19H2,1-4H3. The maximum absolute atomic E-state index is 12.6. The summed E-state index contributed by atoms with van der Waals surface area (Å²) in [7, 11) is 0. The van der Waals surface area contributed by atoms with Crippen molar-refractivity contribution in [2.45, 2.75) is 39.3 Å². The van der Waals surface area contributed by atoms with E-state index in [1.165, 1.54) is 0 Å². The Hall–Kier alpha value is -1.23. The van der Waals surface area contributed by atoms with Crippen molar-refractivity contribution in [1.29, 1.82) is 0 Å². The summed E-state index contributed by atoms with van der Waals surface area (Å²) >= 11 is 0. The number of nitrogens with two attached hydrogens (primary N) is 1. The average molecular weight is 289 g/mol. The SMILES string of the molecule is Cc1cc(C(C)(C)C)ccc1OCC(CN)C(F)(F)F. The molecule has 2 N–H and O–H groups in total. The van der Waals surface area contributed by atoms with E-state index in [4.69, 9.17) is 10.5 Å². The summed E-state index contributed by atoms with van der Waals surface area (Å²) in [6.07, 6.45) is -4.33. The first-order valence-corrected chi connectivity index (χ1v) is 6.56. The van der Waals surface area contributed by atoms with Gasteiger partial charge in [0.2, 0.25) is 0 Å². The van der Waals surface area contributed by atoms with Crippen molar-refractivity contribution in [3.8, 4) is 5.75 Å².